The summed E-state index contributed by atoms with van der Waals surface area (Å²) >= 11 is 0. The fourth-order valence-corrected chi connectivity index (χ4v) is 3.39. The van der Waals surface area contributed by atoms with E-state index >= 15 is 0 Å². The van der Waals surface area contributed by atoms with Crippen molar-refractivity contribution in [1.29, 1.82) is 0 Å². The van der Waals surface area contributed by atoms with Crippen LogP contribution in [0.1, 0.15) is 19.8 Å². The van der Waals surface area contributed by atoms with Gasteiger partial charge in [-0.2, -0.15) is 0 Å². The van der Waals surface area contributed by atoms with E-state index in [1.165, 1.54) is 12.8 Å². The third-order valence-electron chi connectivity index (χ3n) is 5.18. The van der Waals surface area contributed by atoms with Gasteiger partial charge in [0.25, 0.3) is 0 Å². The van der Waals surface area contributed by atoms with Gasteiger partial charge < -0.3 is 15.1 Å². The van der Waals surface area contributed by atoms with Crippen LogP contribution in [0.3, 0.4) is 0 Å². The Morgan fingerprint density at radius 1 is 0.960 bits per heavy atom. The number of hydrogen-bond donors (Lipinski definition) is 1. The molecule has 6 heteroatoms. The van der Waals surface area contributed by atoms with Gasteiger partial charge in [-0.3, -0.25) is 9.69 Å². The molecule has 0 atom stereocenters. The average molecular weight is 344 g/mol. The predicted octanol–water partition coefficient (Wildman–Crippen LogP) is 2.09. The van der Waals surface area contributed by atoms with E-state index < -0.39 is 0 Å². The van der Waals surface area contributed by atoms with E-state index in [1.54, 1.807) is 4.90 Å². The van der Waals surface area contributed by atoms with Crippen LogP contribution in [0.2, 0.25) is 0 Å². The number of para-hydroxylation sites is 1. The summed E-state index contributed by atoms with van der Waals surface area (Å²) in [5.74, 6) is 0.968. The number of amides is 3. The van der Waals surface area contributed by atoms with Crippen molar-refractivity contribution in [2.24, 2.45) is 5.92 Å². The van der Waals surface area contributed by atoms with Gasteiger partial charge in [-0.15, -0.1) is 0 Å². The third-order valence-corrected chi connectivity index (χ3v) is 5.18. The number of nitrogens with one attached hydrogen (secondary N) is 1. The van der Waals surface area contributed by atoms with Crippen LogP contribution in [0.25, 0.3) is 0 Å². The molecule has 2 saturated heterocycles. The summed E-state index contributed by atoms with van der Waals surface area (Å²) in [6.07, 6.45) is 2.36. The van der Waals surface area contributed by atoms with Gasteiger partial charge in [-0.25, -0.2) is 4.79 Å². The number of anilines is 1. The fourth-order valence-electron chi connectivity index (χ4n) is 3.39. The molecule has 2 aliphatic heterocycles. The van der Waals surface area contributed by atoms with Crippen molar-refractivity contribution in [3.63, 3.8) is 0 Å². The number of carbonyl (C=O) groups excluding carboxylic acids is 2. The Hall–Kier alpha value is -2.08. The first kappa shape index (κ1) is 17.7. The first-order valence-electron chi connectivity index (χ1n) is 9.23. The number of urea groups is 1. The monoisotopic (exact) mass is 344 g/mol. The Morgan fingerprint density at radius 3 is 2.20 bits per heavy atom. The van der Waals surface area contributed by atoms with Crippen molar-refractivity contribution in [2.45, 2.75) is 19.8 Å². The molecule has 2 fully saturated rings. The van der Waals surface area contributed by atoms with Crippen molar-refractivity contribution >= 4 is 17.6 Å². The van der Waals surface area contributed by atoms with E-state index in [4.69, 9.17) is 0 Å². The van der Waals surface area contributed by atoms with Crippen molar-refractivity contribution < 1.29 is 9.59 Å². The Labute approximate surface area is 149 Å². The molecule has 0 unspecified atom stereocenters. The first-order valence-corrected chi connectivity index (χ1v) is 9.23. The SMILES string of the molecule is CC1CCN(CC(=O)N2CCN(C(=O)Nc3ccccc3)CC2)CC1. The molecule has 0 aromatic heterocycles. The largest absolute Gasteiger partial charge is 0.338 e. The number of hydrogen-bond acceptors (Lipinski definition) is 3. The van der Waals surface area contributed by atoms with Crippen molar-refractivity contribution in [3.8, 4) is 0 Å². The number of piperazine rings is 1. The topological polar surface area (TPSA) is 55.9 Å². The van der Waals surface area contributed by atoms with Gasteiger partial charge in [-0.05, 0) is 44.0 Å². The summed E-state index contributed by atoms with van der Waals surface area (Å²) in [6, 6.07) is 9.36. The molecule has 2 heterocycles. The number of rotatable bonds is 3. The Balaban J connectivity index is 1.42. The van der Waals surface area contributed by atoms with Gasteiger partial charge >= 0.3 is 6.03 Å². The molecule has 1 aromatic rings. The van der Waals surface area contributed by atoms with Gasteiger partial charge in [0, 0.05) is 31.9 Å². The Kier molecular flexibility index (Phi) is 5.91. The first-order chi connectivity index (χ1) is 12.1. The van der Waals surface area contributed by atoms with Gasteiger partial charge in [-0.1, -0.05) is 25.1 Å². The lowest BCUT2D eigenvalue weighted by Crippen LogP contribution is -2.53. The van der Waals surface area contributed by atoms with Gasteiger partial charge in [0.2, 0.25) is 5.91 Å². The summed E-state index contributed by atoms with van der Waals surface area (Å²) in [4.78, 5) is 30.7. The second-order valence-electron chi connectivity index (χ2n) is 7.12. The standard InChI is InChI=1S/C19H28N4O2/c1-16-7-9-21(10-8-16)15-18(24)22-11-13-23(14-12-22)19(25)20-17-5-3-2-4-6-17/h2-6,16H,7-15H2,1H3,(H,20,25). The van der Waals surface area contributed by atoms with Crippen LogP contribution in [-0.2, 0) is 4.79 Å². The number of nitrogens with zero attached hydrogens (tertiary/aromatic N) is 3. The quantitative estimate of drug-likeness (QED) is 0.913. The minimum Gasteiger partial charge on any atom is -0.338 e. The highest BCUT2D eigenvalue weighted by atomic mass is 16.2. The summed E-state index contributed by atoms with van der Waals surface area (Å²) < 4.78 is 0. The highest BCUT2D eigenvalue weighted by Crippen LogP contribution is 2.16. The zero-order valence-corrected chi connectivity index (χ0v) is 15.0. The van der Waals surface area contributed by atoms with Crippen LogP contribution in [0, 0.1) is 5.92 Å². The summed E-state index contributed by atoms with van der Waals surface area (Å²) in [5, 5.41) is 2.90. The maximum Gasteiger partial charge on any atom is 0.321 e. The average Bonchev–Trinajstić information content (AvgIpc) is 2.64. The summed E-state index contributed by atoms with van der Waals surface area (Å²) in [6.45, 7) is 7.24. The van der Waals surface area contributed by atoms with Crippen molar-refractivity contribution in [3.05, 3.63) is 30.3 Å². The maximum absolute atomic E-state index is 12.5. The molecular weight excluding hydrogens is 316 g/mol. The van der Waals surface area contributed by atoms with Gasteiger partial charge in [0.05, 0.1) is 6.54 Å². The number of carbonyl (C=O) groups is 2. The van der Waals surface area contributed by atoms with Crippen molar-refractivity contribution in [2.75, 3.05) is 51.1 Å². The highest BCUT2D eigenvalue weighted by Gasteiger charge is 2.26. The maximum atomic E-state index is 12.5. The van der Waals surface area contributed by atoms with E-state index in [-0.39, 0.29) is 11.9 Å². The lowest BCUT2D eigenvalue weighted by molar-refractivity contribution is -0.134. The molecule has 6 nitrogen and oxygen atoms in total. The van der Waals surface area contributed by atoms with E-state index in [2.05, 4.69) is 17.1 Å². The van der Waals surface area contributed by atoms with Crippen LogP contribution in [0.15, 0.2) is 30.3 Å². The predicted molar refractivity (Wildman–Crippen MR) is 98.5 cm³/mol. The molecule has 0 saturated carbocycles. The molecule has 1 aromatic carbocycles. The van der Waals surface area contributed by atoms with Crippen LogP contribution >= 0.6 is 0 Å². The minimum atomic E-state index is -0.0942. The molecule has 3 rings (SSSR count). The second kappa shape index (κ2) is 8.34. The highest BCUT2D eigenvalue weighted by molar-refractivity contribution is 5.89. The molecule has 2 aliphatic rings. The van der Waals surface area contributed by atoms with E-state index in [1.807, 2.05) is 35.2 Å². The second-order valence-corrected chi connectivity index (χ2v) is 7.12. The molecule has 1 N–H and O–H groups in total. The minimum absolute atomic E-state index is 0.0942. The fraction of sp³-hybridized carbons (Fsp3) is 0.579. The smallest absolute Gasteiger partial charge is 0.321 e. The number of benzene rings is 1. The molecule has 25 heavy (non-hydrogen) atoms. The molecule has 0 spiro atoms. The van der Waals surface area contributed by atoms with Crippen LogP contribution < -0.4 is 5.32 Å². The molecule has 3 amide bonds. The van der Waals surface area contributed by atoms with Crippen LogP contribution in [-0.4, -0.2) is 72.5 Å². The molecule has 136 valence electrons. The zero-order chi connectivity index (χ0) is 17.6. The Morgan fingerprint density at radius 2 is 1.56 bits per heavy atom. The molecular formula is C19H28N4O2. The van der Waals surface area contributed by atoms with Gasteiger partial charge in [0.15, 0.2) is 0 Å². The summed E-state index contributed by atoms with van der Waals surface area (Å²) in [7, 11) is 0. The van der Waals surface area contributed by atoms with Crippen LogP contribution in [0.4, 0.5) is 10.5 Å². The number of piperidine rings is 1. The lowest BCUT2D eigenvalue weighted by atomic mass is 9.99. The molecule has 0 aliphatic carbocycles. The third kappa shape index (κ3) is 4.95. The van der Waals surface area contributed by atoms with Crippen molar-refractivity contribution in [1.82, 2.24) is 14.7 Å². The van der Waals surface area contributed by atoms with Crippen LogP contribution in [0.5, 0.6) is 0 Å². The lowest BCUT2D eigenvalue weighted by Gasteiger charge is -2.36. The number of likely N-dealkylation sites (tertiary alicyclic amines) is 1. The Bertz CT molecular complexity index is 576. The normalized spacial score (nSPS) is 19.7. The van der Waals surface area contributed by atoms with E-state index in [0.717, 1.165) is 24.7 Å². The molecule has 0 radical (unpaired) electrons. The zero-order valence-electron chi connectivity index (χ0n) is 15.0. The van der Waals surface area contributed by atoms with E-state index in [9.17, 15) is 9.59 Å². The molecule has 0 bridgehead atoms. The van der Waals surface area contributed by atoms with Gasteiger partial charge in [0.1, 0.15) is 0 Å². The van der Waals surface area contributed by atoms with E-state index in [0.29, 0.717) is 32.7 Å². The summed E-state index contributed by atoms with van der Waals surface area (Å²) in [5.41, 5.74) is 0.797.